The predicted octanol–water partition coefficient (Wildman–Crippen LogP) is 7.85. The summed E-state index contributed by atoms with van der Waals surface area (Å²) in [7, 11) is 0. The lowest BCUT2D eigenvalue weighted by molar-refractivity contribution is -0.409. The molecule has 4 saturated heterocycles. The van der Waals surface area contributed by atoms with Crippen LogP contribution < -0.4 is 0 Å². The molecule has 5 aliphatic rings. The Kier molecular flexibility index (Phi) is 14.9. The topological polar surface area (TPSA) is 150 Å². The van der Waals surface area contributed by atoms with E-state index in [-0.39, 0.29) is 66.4 Å². The molecule has 5 aliphatic heterocycles. The fourth-order valence-electron chi connectivity index (χ4n) is 11.3. The zero-order valence-electron chi connectivity index (χ0n) is 38.0. The number of carbonyl (C=O) groups excluding carboxylic acids is 2. The van der Waals surface area contributed by atoms with E-state index in [1.165, 1.54) is 0 Å². The molecule has 7 unspecified atom stereocenters. The Hall–Kier alpha value is -2.22. The molecule has 6 rings (SSSR count). The van der Waals surface area contributed by atoms with Crippen molar-refractivity contribution < 1.29 is 53.3 Å². The highest BCUT2D eigenvalue weighted by atomic mass is 16.8. The van der Waals surface area contributed by atoms with E-state index in [0.717, 1.165) is 24.8 Å². The Labute approximate surface area is 359 Å². The van der Waals surface area contributed by atoms with E-state index >= 15 is 0 Å². The van der Waals surface area contributed by atoms with Gasteiger partial charge in [-0.25, -0.2) is 0 Å². The zero-order chi connectivity index (χ0) is 43.8. The minimum atomic E-state index is -1.37. The molecule has 11 heteroatoms. The van der Waals surface area contributed by atoms with Gasteiger partial charge >= 0.3 is 5.97 Å². The van der Waals surface area contributed by atoms with Gasteiger partial charge in [0.25, 0.3) is 0 Å². The Balaban J connectivity index is 1.12. The summed E-state index contributed by atoms with van der Waals surface area (Å²) >= 11 is 0. The number of ether oxygens (including phenoxy) is 6. The van der Waals surface area contributed by atoms with E-state index < -0.39 is 58.8 Å². The third-order valence-corrected chi connectivity index (χ3v) is 15.7. The normalized spacial score (nSPS) is 42.0. The van der Waals surface area contributed by atoms with E-state index in [9.17, 15) is 24.9 Å². The third kappa shape index (κ3) is 9.21. The molecule has 0 bridgehead atoms. The molecule has 0 aliphatic carbocycles. The average Bonchev–Trinajstić information content (AvgIpc) is 3.59. The first-order valence-electron chi connectivity index (χ1n) is 23.3. The number of aliphatic hydroxyl groups is 3. The van der Waals surface area contributed by atoms with Gasteiger partial charge in [-0.2, -0.15) is 0 Å². The quantitative estimate of drug-likeness (QED) is 0.124. The van der Waals surface area contributed by atoms with Gasteiger partial charge in [0, 0.05) is 30.1 Å². The molecule has 1 aromatic rings. The summed E-state index contributed by atoms with van der Waals surface area (Å²) in [5.41, 5.74) is -0.705. The molecule has 60 heavy (non-hydrogen) atoms. The molecule has 4 fully saturated rings. The van der Waals surface area contributed by atoms with Crippen LogP contribution in [0.25, 0.3) is 0 Å². The van der Waals surface area contributed by atoms with E-state index in [2.05, 4.69) is 20.8 Å². The lowest BCUT2D eigenvalue weighted by Crippen LogP contribution is -2.63. The molecule has 5 heterocycles. The van der Waals surface area contributed by atoms with Crippen molar-refractivity contribution in [3.63, 3.8) is 0 Å². The smallest absolute Gasteiger partial charge is 0.311 e. The Morgan fingerprint density at radius 2 is 1.58 bits per heavy atom. The van der Waals surface area contributed by atoms with Gasteiger partial charge < -0.3 is 43.7 Å². The van der Waals surface area contributed by atoms with Gasteiger partial charge in [-0.05, 0) is 101 Å². The second kappa shape index (κ2) is 18.9. The van der Waals surface area contributed by atoms with Crippen LogP contribution in [0.5, 0.6) is 0 Å². The fourth-order valence-corrected chi connectivity index (χ4v) is 11.3. The standard InChI is InChI=1S/C49H76O11/c1-11-36(45(53)55-28-35-17-15-14-16-18-35)38-20-19-29(4)43(57-38)33(8)41(51)32(7)42(52)37(12-2)44-30(5)27-31(6)48(58-44)24-21-39(50)49(60-48)26-25-46(10,59-49)40-22-23-47(54,13-3)34(9)56-40/h14-18,21,24,29-34,36-41,43-44,50-51,54H,11-13,19-20,22-23,25-28H2,1-10H3/t29-,30?,31+,32?,33-,34-,36?,37-,38+,39+,40+,41+,43?,44?,46-,47+,48?,49?/m0/s1. The van der Waals surface area contributed by atoms with Gasteiger partial charge in [-0.3, -0.25) is 9.59 Å². The summed E-state index contributed by atoms with van der Waals surface area (Å²) in [6, 6.07) is 9.64. The maximum Gasteiger partial charge on any atom is 0.311 e. The van der Waals surface area contributed by atoms with Crippen molar-refractivity contribution in [2.45, 2.75) is 206 Å². The zero-order valence-corrected chi connectivity index (χ0v) is 38.0. The summed E-state index contributed by atoms with van der Waals surface area (Å²) in [6.45, 7) is 20.1. The van der Waals surface area contributed by atoms with E-state index in [1.54, 1.807) is 6.08 Å². The molecule has 11 nitrogen and oxygen atoms in total. The van der Waals surface area contributed by atoms with Crippen LogP contribution >= 0.6 is 0 Å². The number of benzene rings is 1. The summed E-state index contributed by atoms with van der Waals surface area (Å²) in [5.74, 6) is -4.96. The summed E-state index contributed by atoms with van der Waals surface area (Å²) in [5, 5.41) is 34.5. The van der Waals surface area contributed by atoms with Gasteiger partial charge in [0.15, 0.2) is 5.79 Å². The van der Waals surface area contributed by atoms with E-state index in [1.807, 2.05) is 84.9 Å². The number of esters is 1. The Morgan fingerprint density at radius 3 is 2.23 bits per heavy atom. The largest absolute Gasteiger partial charge is 0.461 e. The van der Waals surface area contributed by atoms with Gasteiger partial charge in [0.1, 0.15) is 18.5 Å². The number of aliphatic hydroxyl groups excluding tert-OH is 2. The molecular weight excluding hydrogens is 765 g/mol. The first-order valence-corrected chi connectivity index (χ1v) is 23.3. The summed E-state index contributed by atoms with van der Waals surface area (Å²) in [4.78, 5) is 28.0. The first kappa shape index (κ1) is 47.3. The number of hydrogen-bond donors (Lipinski definition) is 3. The molecular formula is C49H76O11. The van der Waals surface area contributed by atoms with Gasteiger partial charge in [-0.1, -0.05) is 85.7 Å². The number of Topliss-reactive ketones (excluding diaryl/α,β-unsaturated/α-hetero) is 1. The van der Waals surface area contributed by atoms with Crippen LogP contribution in [0.3, 0.4) is 0 Å². The Bertz CT molecular complexity index is 1640. The number of hydrogen-bond acceptors (Lipinski definition) is 11. The van der Waals surface area contributed by atoms with E-state index in [4.69, 9.17) is 28.4 Å². The highest BCUT2D eigenvalue weighted by molar-refractivity contribution is 5.84. The van der Waals surface area contributed by atoms with Crippen LogP contribution in [-0.4, -0.2) is 92.6 Å². The molecule has 338 valence electrons. The summed E-state index contributed by atoms with van der Waals surface area (Å²) < 4.78 is 39.7. The van der Waals surface area contributed by atoms with Crippen molar-refractivity contribution in [2.75, 3.05) is 0 Å². The SMILES string of the molecule is CCC(C(=O)OCc1ccccc1)[C@H]1CC[C@H](C)C([C@@H](C)[C@H](O)C(C)C(=O)[C@H](CC)C2OC3(C=C[C@@H](O)C4(CC[C@@](C)([C@H]5CC[C@](O)(CC)[C@H](C)O5)O4)O3)[C@H](C)CC2C)O1. The minimum absolute atomic E-state index is 0.0142. The molecule has 1 aromatic carbocycles. The maximum atomic E-state index is 14.6. The molecule has 0 saturated carbocycles. The maximum absolute atomic E-state index is 14.6. The average molecular weight is 841 g/mol. The van der Waals surface area contributed by atoms with Crippen LogP contribution in [-0.2, 0) is 44.6 Å². The highest BCUT2D eigenvalue weighted by Gasteiger charge is 2.63. The third-order valence-electron chi connectivity index (χ3n) is 15.7. The van der Waals surface area contributed by atoms with Crippen molar-refractivity contribution in [2.24, 2.45) is 41.4 Å². The number of rotatable bonds is 14. The minimum Gasteiger partial charge on any atom is -0.461 e. The second-order valence-electron chi connectivity index (χ2n) is 19.7. The first-order chi connectivity index (χ1) is 28.4. The van der Waals surface area contributed by atoms with Crippen LogP contribution in [0.15, 0.2) is 42.5 Å². The lowest BCUT2D eigenvalue weighted by atomic mass is 9.72. The summed E-state index contributed by atoms with van der Waals surface area (Å²) in [6.07, 6.45) is 5.88. The molecule has 0 aromatic heterocycles. The fraction of sp³-hybridized carbons (Fsp3) is 0.796. The van der Waals surface area contributed by atoms with Crippen LogP contribution in [0.4, 0.5) is 0 Å². The van der Waals surface area contributed by atoms with Gasteiger partial charge in [-0.15, -0.1) is 0 Å². The molecule has 18 atom stereocenters. The van der Waals surface area contributed by atoms with Crippen molar-refractivity contribution in [1.29, 1.82) is 0 Å². The van der Waals surface area contributed by atoms with Crippen LogP contribution in [0.1, 0.15) is 139 Å². The van der Waals surface area contributed by atoms with Crippen molar-refractivity contribution in [3.05, 3.63) is 48.0 Å². The second-order valence-corrected chi connectivity index (χ2v) is 19.7. The van der Waals surface area contributed by atoms with Gasteiger partial charge in [0.05, 0.1) is 53.7 Å². The molecule has 0 amide bonds. The van der Waals surface area contributed by atoms with E-state index in [0.29, 0.717) is 44.9 Å². The van der Waals surface area contributed by atoms with Gasteiger partial charge in [0.2, 0.25) is 5.79 Å². The number of carbonyl (C=O) groups is 2. The molecule has 0 radical (unpaired) electrons. The highest BCUT2D eigenvalue weighted by Crippen LogP contribution is 2.54. The van der Waals surface area contributed by atoms with Crippen molar-refractivity contribution in [3.8, 4) is 0 Å². The number of ketones is 1. The van der Waals surface area contributed by atoms with Crippen molar-refractivity contribution in [1.82, 2.24) is 0 Å². The molecule has 3 N–H and O–H groups in total. The van der Waals surface area contributed by atoms with Crippen LogP contribution in [0.2, 0.25) is 0 Å². The molecule has 2 spiro atoms. The lowest BCUT2D eigenvalue weighted by Gasteiger charge is -2.54. The Morgan fingerprint density at radius 1 is 0.883 bits per heavy atom. The van der Waals surface area contributed by atoms with Crippen LogP contribution in [0, 0.1) is 41.4 Å². The monoisotopic (exact) mass is 841 g/mol. The predicted molar refractivity (Wildman–Crippen MR) is 227 cm³/mol. The van der Waals surface area contributed by atoms with Crippen molar-refractivity contribution >= 4 is 11.8 Å².